The monoisotopic (exact) mass is 444 g/mol. The number of nitrogens with two attached hydrogens (primary N) is 1. The molecule has 0 radical (unpaired) electrons. The molecule has 2 aromatic carbocycles. The van der Waals surface area contributed by atoms with Crippen LogP contribution in [0.4, 0.5) is 0 Å². The maximum absolute atomic E-state index is 12.2. The number of hydrogen-bond donors (Lipinski definition) is 1. The third kappa shape index (κ3) is 4.31. The zero-order valence-electron chi connectivity index (χ0n) is 20.8. The lowest BCUT2D eigenvalue weighted by atomic mass is 9.63. The van der Waals surface area contributed by atoms with E-state index < -0.39 is 0 Å². The summed E-state index contributed by atoms with van der Waals surface area (Å²) in [7, 11) is 1.69. The standard InChI is InChI=1S/C29H36N2O2/c1-19-23(27(30)32)18-26(31(19)15-12-20-8-7-9-22(16-20)33-6)21-10-11-24-25(17-21)29(4,5)14-13-28(24,2)3/h7-11,16-18H,12-15H2,1-6H3,(H2,30,32). The second-order valence-electron chi connectivity index (χ2n) is 10.7. The Morgan fingerprint density at radius 1 is 1.00 bits per heavy atom. The van der Waals surface area contributed by atoms with E-state index in [9.17, 15) is 4.79 Å². The number of carbonyl (C=O) groups is 1. The number of methoxy groups -OCH3 is 1. The van der Waals surface area contributed by atoms with E-state index in [1.165, 1.54) is 29.5 Å². The average Bonchev–Trinajstić information content (AvgIpc) is 3.12. The third-order valence-corrected chi connectivity index (χ3v) is 7.54. The number of aromatic nitrogens is 1. The van der Waals surface area contributed by atoms with Crippen molar-refractivity contribution in [1.82, 2.24) is 4.57 Å². The van der Waals surface area contributed by atoms with Gasteiger partial charge in [0.1, 0.15) is 5.75 Å². The number of hydrogen-bond acceptors (Lipinski definition) is 2. The van der Waals surface area contributed by atoms with Gasteiger partial charge in [0.2, 0.25) is 0 Å². The quantitative estimate of drug-likeness (QED) is 0.495. The molecule has 3 aromatic rings. The largest absolute Gasteiger partial charge is 0.497 e. The Morgan fingerprint density at radius 3 is 2.36 bits per heavy atom. The Kier molecular flexibility index (Phi) is 5.90. The van der Waals surface area contributed by atoms with Gasteiger partial charge in [-0.2, -0.15) is 0 Å². The zero-order chi connectivity index (χ0) is 24.0. The average molecular weight is 445 g/mol. The maximum atomic E-state index is 12.2. The summed E-state index contributed by atoms with van der Waals surface area (Å²) in [5, 5.41) is 0. The van der Waals surface area contributed by atoms with Crippen molar-refractivity contribution in [1.29, 1.82) is 0 Å². The van der Waals surface area contributed by atoms with Gasteiger partial charge in [0.15, 0.2) is 0 Å². The highest BCUT2D eigenvalue weighted by Gasteiger charge is 2.37. The van der Waals surface area contributed by atoms with E-state index in [2.05, 4.69) is 62.6 Å². The molecule has 0 fully saturated rings. The van der Waals surface area contributed by atoms with E-state index >= 15 is 0 Å². The van der Waals surface area contributed by atoms with Crippen LogP contribution < -0.4 is 10.5 Å². The fourth-order valence-electron chi connectivity index (χ4n) is 5.24. The number of rotatable bonds is 6. The summed E-state index contributed by atoms with van der Waals surface area (Å²) in [6.45, 7) is 12.1. The minimum absolute atomic E-state index is 0.125. The Hall–Kier alpha value is -3.01. The van der Waals surface area contributed by atoms with E-state index in [-0.39, 0.29) is 16.7 Å². The van der Waals surface area contributed by atoms with Crippen molar-refractivity contribution in [2.45, 2.75) is 71.3 Å². The molecule has 0 spiro atoms. The van der Waals surface area contributed by atoms with Crippen LogP contribution in [0.5, 0.6) is 5.75 Å². The first kappa shape index (κ1) is 23.2. The van der Waals surface area contributed by atoms with Gasteiger partial charge in [-0.05, 0) is 83.5 Å². The van der Waals surface area contributed by atoms with E-state index in [0.29, 0.717) is 5.56 Å². The van der Waals surface area contributed by atoms with Crippen molar-refractivity contribution in [3.8, 4) is 17.0 Å². The Bertz CT molecular complexity index is 1200. The summed E-state index contributed by atoms with van der Waals surface area (Å²) in [4.78, 5) is 12.2. The highest BCUT2D eigenvalue weighted by atomic mass is 16.5. The van der Waals surface area contributed by atoms with Crippen molar-refractivity contribution in [2.24, 2.45) is 5.73 Å². The predicted octanol–water partition coefficient (Wildman–Crippen LogP) is 6.16. The van der Waals surface area contributed by atoms with E-state index in [4.69, 9.17) is 10.5 Å². The summed E-state index contributed by atoms with van der Waals surface area (Å²) in [5.74, 6) is 0.475. The van der Waals surface area contributed by atoms with Crippen molar-refractivity contribution in [3.05, 3.63) is 76.5 Å². The maximum Gasteiger partial charge on any atom is 0.250 e. The molecule has 0 saturated heterocycles. The molecule has 1 aliphatic carbocycles. The topological polar surface area (TPSA) is 57.2 Å². The molecule has 4 nitrogen and oxygen atoms in total. The summed E-state index contributed by atoms with van der Waals surface area (Å²) < 4.78 is 7.62. The van der Waals surface area contributed by atoms with Crippen molar-refractivity contribution >= 4 is 5.91 Å². The minimum Gasteiger partial charge on any atom is -0.497 e. The zero-order valence-corrected chi connectivity index (χ0v) is 20.8. The number of aryl methyl sites for hydroxylation is 1. The molecular formula is C29H36N2O2. The summed E-state index contributed by atoms with van der Waals surface area (Å²) in [6.07, 6.45) is 3.19. The van der Waals surface area contributed by atoms with Crippen LogP contribution in [0.15, 0.2) is 48.5 Å². The Balaban J connectivity index is 1.78. The summed E-state index contributed by atoms with van der Waals surface area (Å²) in [6, 6.07) is 17.0. The van der Waals surface area contributed by atoms with Gasteiger partial charge in [0.05, 0.1) is 12.7 Å². The Labute approximate surface area is 197 Å². The SMILES string of the molecule is COc1cccc(CCn2c(-c3ccc4c(c3)C(C)(C)CCC4(C)C)cc(C(N)=O)c2C)c1. The van der Waals surface area contributed by atoms with Gasteiger partial charge in [-0.3, -0.25) is 4.79 Å². The van der Waals surface area contributed by atoms with Crippen molar-refractivity contribution < 1.29 is 9.53 Å². The summed E-state index contributed by atoms with van der Waals surface area (Å²) in [5.41, 5.74) is 13.8. The van der Waals surface area contributed by atoms with Crippen LogP contribution in [0.25, 0.3) is 11.3 Å². The van der Waals surface area contributed by atoms with Gasteiger partial charge >= 0.3 is 0 Å². The highest BCUT2D eigenvalue weighted by Crippen LogP contribution is 2.47. The van der Waals surface area contributed by atoms with Crippen LogP contribution in [-0.2, 0) is 23.8 Å². The van der Waals surface area contributed by atoms with Crippen LogP contribution in [0, 0.1) is 6.92 Å². The summed E-state index contributed by atoms with van der Waals surface area (Å²) >= 11 is 0. The number of nitrogens with zero attached hydrogens (tertiary/aromatic N) is 1. The molecule has 2 N–H and O–H groups in total. The first-order valence-corrected chi connectivity index (χ1v) is 11.8. The Morgan fingerprint density at radius 2 is 1.70 bits per heavy atom. The molecule has 4 heteroatoms. The molecule has 1 heterocycles. The molecule has 174 valence electrons. The second kappa shape index (κ2) is 8.40. The van der Waals surface area contributed by atoms with Gasteiger partial charge in [0.25, 0.3) is 5.91 Å². The van der Waals surface area contributed by atoms with Crippen molar-refractivity contribution in [2.75, 3.05) is 7.11 Å². The first-order valence-electron chi connectivity index (χ1n) is 11.8. The van der Waals surface area contributed by atoms with Gasteiger partial charge in [-0.1, -0.05) is 52.0 Å². The van der Waals surface area contributed by atoms with Crippen LogP contribution in [0.2, 0.25) is 0 Å². The van der Waals surface area contributed by atoms with Crippen molar-refractivity contribution in [3.63, 3.8) is 0 Å². The molecule has 4 rings (SSSR count). The smallest absolute Gasteiger partial charge is 0.250 e. The number of ether oxygens (including phenoxy) is 1. The van der Waals surface area contributed by atoms with Crippen LogP contribution in [-0.4, -0.2) is 17.6 Å². The number of amides is 1. The number of carbonyl (C=O) groups excluding carboxylic acids is 1. The lowest BCUT2D eigenvalue weighted by Gasteiger charge is -2.42. The predicted molar refractivity (Wildman–Crippen MR) is 135 cm³/mol. The van der Waals surface area contributed by atoms with E-state index in [0.717, 1.165) is 35.7 Å². The number of fused-ring (bicyclic) bond motifs is 1. The molecule has 0 saturated carbocycles. The molecule has 0 aliphatic heterocycles. The fraction of sp³-hybridized carbons (Fsp3) is 0.414. The van der Waals surface area contributed by atoms with Gasteiger partial charge in [0, 0.05) is 17.9 Å². The molecular weight excluding hydrogens is 408 g/mol. The van der Waals surface area contributed by atoms with Gasteiger partial charge < -0.3 is 15.0 Å². The van der Waals surface area contributed by atoms with E-state index in [1.807, 2.05) is 25.1 Å². The first-order chi connectivity index (χ1) is 15.5. The third-order valence-electron chi connectivity index (χ3n) is 7.54. The normalized spacial score (nSPS) is 16.3. The molecule has 0 unspecified atom stereocenters. The molecule has 1 amide bonds. The number of primary amides is 1. The molecule has 1 aromatic heterocycles. The lowest BCUT2D eigenvalue weighted by molar-refractivity contribution is 0.0999. The van der Waals surface area contributed by atoms with Crippen LogP contribution >= 0.6 is 0 Å². The van der Waals surface area contributed by atoms with Gasteiger partial charge in [-0.25, -0.2) is 0 Å². The van der Waals surface area contributed by atoms with Gasteiger partial charge in [-0.15, -0.1) is 0 Å². The molecule has 33 heavy (non-hydrogen) atoms. The number of benzene rings is 2. The highest BCUT2D eigenvalue weighted by molar-refractivity contribution is 5.95. The molecule has 1 aliphatic rings. The molecule has 0 atom stereocenters. The lowest BCUT2D eigenvalue weighted by Crippen LogP contribution is -2.33. The molecule has 0 bridgehead atoms. The van der Waals surface area contributed by atoms with Crippen LogP contribution in [0.1, 0.15) is 73.3 Å². The van der Waals surface area contributed by atoms with E-state index in [1.54, 1.807) is 7.11 Å². The van der Waals surface area contributed by atoms with Crippen LogP contribution in [0.3, 0.4) is 0 Å². The minimum atomic E-state index is -0.381. The fourth-order valence-corrected chi connectivity index (χ4v) is 5.24. The second-order valence-corrected chi connectivity index (χ2v) is 10.7.